The van der Waals surface area contributed by atoms with Crippen LogP contribution in [0.1, 0.15) is 49.4 Å². The standard InChI is InChI=1S/C18H22F2N4O/c1-12-3-9-24-15(10-12)21-22-16(24)13-4-7-23(8-5-13)17(25)14-2-6-18(19,20)11-14/h3,9-10,13-14H,2,4-8,11H2,1H3. The first kappa shape index (κ1) is 16.4. The molecule has 0 N–H and O–H groups in total. The molecule has 0 bridgehead atoms. The van der Waals surface area contributed by atoms with E-state index < -0.39 is 11.8 Å². The summed E-state index contributed by atoms with van der Waals surface area (Å²) >= 11 is 0. The molecule has 3 heterocycles. The van der Waals surface area contributed by atoms with Crippen molar-refractivity contribution in [3.8, 4) is 0 Å². The molecule has 1 aliphatic carbocycles. The molecular formula is C18H22F2N4O. The van der Waals surface area contributed by atoms with Gasteiger partial charge in [-0.3, -0.25) is 9.20 Å². The Balaban J connectivity index is 1.42. The lowest BCUT2D eigenvalue weighted by Gasteiger charge is -2.33. The lowest BCUT2D eigenvalue weighted by Crippen LogP contribution is -2.41. The van der Waals surface area contributed by atoms with E-state index in [1.165, 1.54) is 0 Å². The highest BCUT2D eigenvalue weighted by molar-refractivity contribution is 5.79. The number of nitrogens with zero attached hydrogens (tertiary/aromatic N) is 4. The number of aromatic nitrogens is 3. The molecule has 1 saturated heterocycles. The molecule has 1 saturated carbocycles. The Labute approximate surface area is 145 Å². The third-order valence-corrected chi connectivity index (χ3v) is 5.52. The number of hydrogen-bond donors (Lipinski definition) is 0. The Hall–Kier alpha value is -2.05. The normalized spacial score (nSPS) is 24.1. The van der Waals surface area contributed by atoms with Gasteiger partial charge in [-0.05, 0) is 43.9 Å². The van der Waals surface area contributed by atoms with Gasteiger partial charge < -0.3 is 4.90 Å². The minimum absolute atomic E-state index is 0.0997. The molecule has 0 spiro atoms. The van der Waals surface area contributed by atoms with Crippen LogP contribution >= 0.6 is 0 Å². The molecule has 1 unspecified atom stereocenters. The van der Waals surface area contributed by atoms with E-state index in [9.17, 15) is 13.6 Å². The molecular weight excluding hydrogens is 326 g/mol. The van der Waals surface area contributed by atoms with Gasteiger partial charge in [-0.15, -0.1) is 10.2 Å². The van der Waals surface area contributed by atoms with Crippen LogP contribution in [-0.4, -0.2) is 44.4 Å². The van der Waals surface area contributed by atoms with Crippen LogP contribution in [0.4, 0.5) is 8.78 Å². The fourth-order valence-electron chi connectivity index (χ4n) is 4.07. The Morgan fingerprint density at radius 2 is 2.00 bits per heavy atom. The molecule has 2 aliphatic rings. The Kier molecular flexibility index (Phi) is 3.96. The van der Waals surface area contributed by atoms with Gasteiger partial charge in [-0.1, -0.05) is 0 Å². The van der Waals surface area contributed by atoms with E-state index in [-0.39, 0.29) is 24.7 Å². The van der Waals surface area contributed by atoms with Crippen LogP contribution in [0.5, 0.6) is 0 Å². The SMILES string of the molecule is Cc1ccn2c(C3CCN(C(=O)C4CCC(F)(F)C4)CC3)nnc2c1. The second kappa shape index (κ2) is 6.04. The zero-order valence-electron chi connectivity index (χ0n) is 14.3. The van der Waals surface area contributed by atoms with Gasteiger partial charge in [0.1, 0.15) is 5.82 Å². The summed E-state index contributed by atoms with van der Waals surface area (Å²) in [6.07, 6.45) is 3.43. The van der Waals surface area contributed by atoms with E-state index in [1.54, 1.807) is 4.90 Å². The van der Waals surface area contributed by atoms with Gasteiger partial charge in [0.05, 0.1) is 0 Å². The Bertz CT molecular complexity index is 795. The number of carbonyl (C=O) groups is 1. The summed E-state index contributed by atoms with van der Waals surface area (Å²) in [6.45, 7) is 3.23. The zero-order chi connectivity index (χ0) is 17.6. The van der Waals surface area contributed by atoms with Crippen LogP contribution in [0.2, 0.25) is 0 Å². The summed E-state index contributed by atoms with van der Waals surface area (Å²) in [4.78, 5) is 14.3. The monoisotopic (exact) mass is 348 g/mol. The minimum Gasteiger partial charge on any atom is -0.342 e. The minimum atomic E-state index is -2.67. The van der Waals surface area contributed by atoms with Crippen molar-refractivity contribution < 1.29 is 13.6 Å². The van der Waals surface area contributed by atoms with Crippen molar-refractivity contribution in [2.45, 2.75) is 50.9 Å². The Morgan fingerprint density at radius 1 is 1.24 bits per heavy atom. The highest BCUT2D eigenvalue weighted by Crippen LogP contribution is 2.40. The highest BCUT2D eigenvalue weighted by atomic mass is 19.3. The van der Waals surface area contributed by atoms with Crippen LogP contribution in [0.25, 0.3) is 5.65 Å². The van der Waals surface area contributed by atoms with Gasteiger partial charge in [-0.2, -0.15) is 0 Å². The van der Waals surface area contributed by atoms with Crippen molar-refractivity contribution in [1.29, 1.82) is 0 Å². The fourth-order valence-corrected chi connectivity index (χ4v) is 4.07. The van der Waals surface area contributed by atoms with E-state index in [0.29, 0.717) is 19.5 Å². The smallest absolute Gasteiger partial charge is 0.248 e. The molecule has 0 radical (unpaired) electrons. The van der Waals surface area contributed by atoms with Crippen molar-refractivity contribution in [3.05, 3.63) is 29.7 Å². The largest absolute Gasteiger partial charge is 0.342 e. The summed E-state index contributed by atoms with van der Waals surface area (Å²) < 4.78 is 28.7. The van der Waals surface area contributed by atoms with Gasteiger partial charge in [0.15, 0.2) is 5.65 Å². The van der Waals surface area contributed by atoms with E-state index in [1.807, 2.05) is 29.7 Å². The van der Waals surface area contributed by atoms with Crippen LogP contribution < -0.4 is 0 Å². The number of hydrogen-bond acceptors (Lipinski definition) is 3. The van der Waals surface area contributed by atoms with Gasteiger partial charge in [0, 0.05) is 44.0 Å². The summed E-state index contributed by atoms with van der Waals surface area (Å²) in [7, 11) is 0. The summed E-state index contributed by atoms with van der Waals surface area (Å²) in [6, 6.07) is 4.02. The molecule has 1 aliphatic heterocycles. The number of alkyl halides is 2. The zero-order valence-corrected chi connectivity index (χ0v) is 14.3. The number of piperidine rings is 1. The van der Waals surface area contributed by atoms with Crippen molar-refractivity contribution in [1.82, 2.24) is 19.5 Å². The topological polar surface area (TPSA) is 50.5 Å². The van der Waals surface area contributed by atoms with Crippen molar-refractivity contribution in [2.24, 2.45) is 5.92 Å². The van der Waals surface area contributed by atoms with Crippen molar-refractivity contribution in [3.63, 3.8) is 0 Å². The number of fused-ring (bicyclic) bond motifs is 1. The second-order valence-electron chi connectivity index (χ2n) is 7.39. The highest BCUT2D eigenvalue weighted by Gasteiger charge is 2.44. The van der Waals surface area contributed by atoms with E-state index in [4.69, 9.17) is 0 Å². The van der Waals surface area contributed by atoms with Gasteiger partial charge in [0.2, 0.25) is 11.8 Å². The first-order chi connectivity index (χ1) is 11.9. The first-order valence-corrected chi connectivity index (χ1v) is 8.91. The van der Waals surface area contributed by atoms with Gasteiger partial charge in [-0.25, -0.2) is 8.78 Å². The molecule has 2 aromatic heterocycles. The van der Waals surface area contributed by atoms with E-state index in [2.05, 4.69) is 10.2 Å². The number of carbonyl (C=O) groups excluding carboxylic acids is 1. The maximum Gasteiger partial charge on any atom is 0.248 e. The number of halogens is 2. The number of likely N-dealkylation sites (tertiary alicyclic amines) is 1. The summed E-state index contributed by atoms with van der Waals surface area (Å²) in [5.74, 6) is -2.11. The number of pyridine rings is 1. The average molecular weight is 348 g/mol. The Morgan fingerprint density at radius 3 is 2.68 bits per heavy atom. The van der Waals surface area contributed by atoms with Crippen LogP contribution in [0, 0.1) is 12.8 Å². The third kappa shape index (κ3) is 3.12. The molecule has 1 atom stereocenters. The fraction of sp³-hybridized carbons (Fsp3) is 0.611. The predicted molar refractivity (Wildman–Crippen MR) is 88.6 cm³/mol. The van der Waals surface area contributed by atoms with Crippen molar-refractivity contribution in [2.75, 3.05) is 13.1 Å². The maximum atomic E-state index is 13.4. The van der Waals surface area contributed by atoms with Crippen LogP contribution in [0.15, 0.2) is 18.3 Å². The molecule has 7 heteroatoms. The van der Waals surface area contributed by atoms with E-state index in [0.717, 1.165) is 29.9 Å². The molecule has 25 heavy (non-hydrogen) atoms. The van der Waals surface area contributed by atoms with Crippen molar-refractivity contribution >= 4 is 11.6 Å². The summed E-state index contributed by atoms with van der Waals surface area (Å²) in [5.41, 5.74) is 1.97. The number of amides is 1. The lowest BCUT2D eigenvalue weighted by atomic mass is 9.94. The van der Waals surface area contributed by atoms with Crippen LogP contribution in [0.3, 0.4) is 0 Å². The molecule has 2 fully saturated rings. The number of aryl methyl sites for hydroxylation is 1. The van der Waals surface area contributed by atoms with E-state index >= 15 is 0 Å². The molecule has 2 aromatic rings. The third-order valence-electron chi connectivity index (χ3n) is 5.52. The molecule has 5 nitrogen and oxygen atoms in total. The quantitative estimate of drug-likeness (QED) is 0.838. The van der Waals surface area contributed by atoms with Gasteiger partial charge >= 0.3 is 0 Å². The van der Waals surface area contributed by atoms with Crippen LogP contribution in [-0.2, 0) is 4.79 Å². The lowest BCUT2D eigenvalue weighted by molar-refractivity contribution is -0.137. The molecule has 0 aromatic carbocycles. The molecule has 1 amide bonds. The summed E-state index contributed by atoms with van der Waals surface area (Å²) in [5, 5.41) is 8.57. The average Bonchev–Trinajstić information content (AvgIpc) is 3.17. The molecule has 134 valence electrons. The van der Waals surface area contributed by atoms with Gasteiger partial charge in [0.25, 0.3) is 0 Å². The second-order valence-corrected chi connectivity index (χ2v) is 7.39. The number of rotatable bonds is 2. The molecule has 4 rings (SSSR count). The predicted octanol–water partition coefficient (Wildman–Crippen LogP) is 3.18. The maximum absolute atomic E-state index is 13.4. The first-order valence-electron chi connectivity index (χ1n) is 8.91.